The van der Waals surface area contributed by atoms with E-state index >= 15 is 0 Å². The van der Waals surface area contributed by atoms with E-state index in [1.165, 1.54) is 6.26 Å². The van der Waals surface area contributed by atoms with Crippen LogP contribution in [-0.2, 0) is 14.6 Å². The predicted molar refractivity (Wildman–Crippen MR) is 86.2 cm³/mol. The second-order valence-electron chi connectivity index (χ2n) is 5.14. The van der Waals surface area contributed by atoms with Crippen LogP contribution >= 0.6 is 11.8 Å². The van der Waals surface area contributed by atoms with Crippen LogP contribution in [0.4, 0.5) is 0 Å². The Morgan fingerprint density at radius 2 is 1.90 bits per heavy atom. The topological polar surface area (TPSA) is 89.3 Å². The summed E-state index contributed by atoms with van der Waals surface area (Å²) in [5, 5.41) is 2.95. The molecule has 0 aliphatic rings. The molecule has 0 radical (unpaired) electrons. The maximum atomic E-state index is 11.4. The average molecular weight is 330 g/mol. The van der Waals surface area contributed by atoms with Crippen molar-refractivity contribution in [2.45, 2.75) is 35.1 Å². The number of nitrogens with one attached hydrogen (secondary N) is 1. The van der Waals surface area contributed by atoms with Gasteiger partial charge in [0.05, 0.1) is 10.4 Å². The number of carbonyl (C=O) groups is 1. The van der Waals surface area contributed by atoms with E-state index in [2.05, 4.69) is 5.32 Å². The zero-order valence-electron chi connectivity index (χ0n) is 12.5. The maximum absolute atomic E-state index is 11.4. The van der Waals surface area contributed by atoms with Gasteiger partial charge in [0.25, 0.3) is 0 Å². The third-order valence-electron chi connectivity index (χ3n) is 3.44. The van der Waals surface area contributed by atoms with Gasteiger partial charge in [-0.2, -0.15) is 0 Å². The molecule has 1 aromatic rings. The lowest BCUT2D eigenvalue weighted by molar-refractivity contribution is -0.123. The van der Waals surface area contributed by atoms with Crippen molar-refractivity contribution in [2.75, 3.05) is 19.1 Å². The summed E-state index contributed by atoms with van der Waals surface area (Å²) in [5.41, 5.74) is 4.69. The molecule has 0 aliphatic heterocycles. The van der Waals surface area contributed by atoms with Gasteiger partial charge in [-0.05, 0) is 56.8 Å². The predicted octanol–water partition coefficient (Wildman–Crippen LogP) is 1.43. The molecule has 0 aliphatic carbocycles. The third-order valence-corrected chi connectivity index (χ3v) is 5.66. The third kappa shape index (κ3) is 5.33. The Morgan fingerprint density at radius 3 is 2.33 bits per heavy atom. The quantitative estimate of drug-likeness (QED) is 0.556. The molecule has 0 saturated carbocycles. The van der Waals surface area contributed by atoms with Crippen molar-refractivity contribution >= 4 is 27.5 Å². The Morgan fingerprint density at radius 1 is 1.33 bits per heavy atom. The lowest BCUT2D eigenvalue weighted by Crippen LogP contribution is -2.51. The molecular weight excluding hydrogens is 308 g/mol. The molecule has 0 spiro atoms. The van der Waals surface area contributed by atoms with E-state index in [1.54, 1.807) is 50.0 Å². The molecule has 0 fully saturated rings. The molecule has 1 aromatic carbocycles. The van der Waals surface area contributed by atoms with Crippen molar-refractivity contribution in [1.29, 1.82) is 0 Å². The number of carbonyl (C=O) groups excluding carboxylic acids is 1. The van der Waals surface area contributed by atoms with Crippen LogP contribution in [0.5, 0.6) is 0 Å². The van der Waals surface area contributed by atoms with E-state index < -0.39 is 15.4 Å². The number of nitrogens with two attached hydrogens (primary N) is 1. The van der Waals surface area contributed by atoms with Crippen LogP contribution < -0.4 is 11.1 Å². The van der Waals surface area contributed by atoms with Gasteiger partial charge < -0.3 is 11.1 Å². The molecule has 0 saturated heterocycles. The Bertz CT molecular complexity index is 585. The number of amides is 1. The van der Waals surface area contributed by atoms with E-state index in [1.807, 2.05) is 0 Å². The van der Waals surface area contributed by atoms with Crippen LogP contribution in [0.1, 0.15) is 19.8 Å². The molecule has 1 rings (SSSR count). The molecule has 0 aromatic heterocycles. The number of thioether (sulfide) groups is 1. The van der Waals surface area contributed by atoms with Crippen LogP contribution in [0.2, 0.25) is 0 Å². The number of primary amides is 1. The Hall–Kier alpha value is -1.05. The summed E-state index contributed by atoms with van der Waals surface area (Å²) >= 11 is 1.63. The Kier molecular flexibility index (Phi) is 6.24. The first kappa shape index (κ1) is 18.0. The fourth-order valence-corrected chi connectivity index (χ4v) is 3.25. The van der Waals surface area contributed by atoms with Gasteiger partial charge in [-0.1, -0.05) is 0 Å². The molecule has 3 N–H and O–H groups in total. The SMILES string of the molecule is CNC(C)(CCCSc1ccc(S(C)(=O)=O)cc1)C(N)=O. The minimum absolute atomic E-state index is 0.323. The summed E-state index contributed by atoms with van der Waals surface area (Å²) in [5.74, 6) is 0.482. The number of hydrogen-bond acceptors (Lipinski definition) is 5. The van der Waals surface area contributed by atoms with Crippen LogP contribution in [-0.4, -0.2) is 38.9 Å². The van der Waals surface area contributed by atoms with Gasteiger partial charge in [0, 0.05) is 11.2 Å². The minimum atomic E-state index is -3.15. The highest BCUT2D eigenvalue weighted by atomic mass is 32.2. The molecule has 0 heterocycles. The van der Waals surface area contributed by atoms with Crippen molar-refractivity contribution in [1.82, 2.24) is 5.32 Å². The molecule has 1 amide bonds. The number of benzene rings is 1. The highest BCUT2D eigenvalue weighted by molar-refractivity contribution is 7.99. The number of likely N-dealkylation sites (N-methyl/N-ethyl adjacent to an activating group) is 1. The summed E-state index contributed by atoms with van der Waals surface area (Å²) in [4.78, 5) is 12.7. The van der Waals surface area contributed by atoms with Gasteiger partial charge in [-0.25, -0.2) is 8.42 Å². The minimum Gasteiger partial charge on any atom is -0.368 e. The number of rotatable bonds is 8. The first-order chi connectivity index (χ1) is 9.69. The molecular formula is C14H22N2O3S2. The molecule has 7 heteroatoms. The molecule has 1 unspecified atom stereocenters. The monoisotopic (exact) mass is 330 g/mol. The fraction of sp³-hybridized carbons (Fsp3) is 0.500. The van der Waals surface area contributed by atoms with Gasteiger partial charge >= 0.3 is 0 Å². The first-order valence-corrected chi connectivity index (χ1v) is 9.48. The largest absolute Gasteiger partial charge is 0.368 e. The maximum Gasteiger partial charge on any atom is 0.237 e. The van der Waals surface area contributed by atoms with Crippen LogP contribution in [0.25, 0.3) is 0 Å². The average Bonchev–Trinajstić information content (AvgIpc) is 2.42. The van der Waals surface area contributed by atoms with Crippen molar-refractivity contribution in [3.63, 3.8) is 0 Å². The van der Waals surface area contributed by atoms with Gasteiger partial charge in [0.1, 0.15) is 0 Å². The van der Waals surface area contributed by atoms with Crippen molar-refractivity contribution in [3.05, 3.63) is 24.3 Å². The summed E-state index contributed by atoms with van der Waals surface area (Å²) in [6, 6.07) is 6.82. The normalized spacial score (nSPS) is 14.6. The van der Waals surface area contributed by atoms with Crippen LogP contribution in [0.15, 0.2) is 34.1 Å². The van der Waals surface area contributed by atoms with Crippen molar-refractivity contribution < 1.29 is 13.2 Å². The van der Waals surface area contributed by atoms with Gasteiger partial charge in [0.15, 0.2) is 9.84 Å². The van der Waals surface area contributed by atoms with E-state index in [0.717, 1.165) is 17.1 Å². The molecule has 118 valence electrons. The molecule has 5 nitrogen and oxygen atoms in total. The summed E-state index contributed by atoms with van der Waals surface area (Å²) in [6.07, 6.45) is 2.68. The summed E-state index contributed by atoms with van der Waals surface area (Å²) in [7, 11) is -1.42. The highest BCUT2D eigenvalue weighted by Crippen LogP contribution is 2.23. The van der Waals surface area contributed by atoms with Crippen molar-refractivity contribution in [2.24, 2.45) is 5.73 Å². The lowest BCUT2D eigenvalue weighted by atomic mass is 9.96. The van der Waals surface area contributed by atoms with Crippen LogP contribution in [0, 0.1) is 0 Å². The molecule has 1 atom stereocenters. The van der Waals surface area contributed by atoms with Crippen LogP contribution in [0.3, 0.4) is 0 Å². The molecule has 21 heavy (non-hydrogen) atoms. The zero-order chi connectivity index (χ0) is 16.1. The van der Waals surface area contributed by atoms with E-state index in [-0.39, 0.29) is 5.91 Å². The van der Waals surface area contributed by atoms with E-state index in [9.17, 15) is 13.2 Å². The Labute approximate surface area is 130 Å². The number of hydrogen-bond donors (Lipinski definition) is 2. The highest BCUT2D eigenvalue weighted by Gasteiger charge is 2.27. The second kappa shape index (κ2) is 7.29. The first-order valence-electron chi connectivity index (χ1n) is 6.61. The summed E-state index contributed by atoms with van der Waals surface area (Å²) < 4.78 is 22.7. The van der Waals surface area contributed by atoms with Gasteiger partial charge in [-0.3, -0.25) is 4.79 Å². The standard InChI is InChI=1S/C14H22N2O3S2/c1-14(16-2,13(15)17)9-4-10-20-11-5-7-12(8-6-11)21(3,18)19/h5-8,16H,4,9-10H2,1-3H3,(H2,15,17). The van der Waals surface area contributed by atoms with Crippen molar-refractivity contribution in [3.8, 4) is 0 Å². The summed E-state index contributed by atoms with van der Waals surface area (Å²) in [6.45, 7) is 1.79. The number of sulfone groups is 1. The van der Waals surface area contributed by atoms with E-state index in [4.69, 9.17) is 5.73 Å². The smallest absolute Gasteiger partial charge is 0.237 e. The zero-order valence-corrected chi connectivity index (χ0v) is 14.2. The Balaban J connectivity index is 2.48. The lowest BCUT2D eigenvalue weighted by Gasteiger charge is -2.25. The molecule has 0 bridgehead atoms. The second-order valence-corrected chi connectivity index (χ2v) is 8.33. The van der Waals surface area contributed by atoms with Gasteiger partial charge in [0.2, 0.25) is 5.91 Å². The fourth-order valence-electron chi connectivity index (χ4n) is 1.77. The van der Waals surface area contributed by atoms with E-state index in [0.29, 0.717) is 11.3 Å². The van der Waals surface area contributed by atoms with Gasteiger partial charge in [-0.15, -0.1) is 11.8 Å².